The normalized spacial score (nSPS) is 11.6. The van der Waals surface area contributed by atoms with Crippen molar-refractivity contribution < 1.29 is 22.6 Å². The highest BCUT2D eigenvalue weighted by atomic mass is 32.1. The first-order valence-corrected chi connectivity index (χ1v) is 9.97. The molecule has 4 rings (SSSR count). The quantitative estimate of drug-likeness (QED) is 0.414. The predicted octanol–water partition coefficient (Wildman–Crippen LogP) is 5.91. The van der Waals surface area contributed by atoms with E-state index >= 15 is 0 Å². The van der Waals surface area contributed by atoms with Crippen molar-refractivity contribution >= 4 is 21.4 Å². The summed E-state index contributed by atoms with van der Waals surface area (Å²) in [6.45, 7) is 3.77. The molecule has 2 heterocycles. The molecule has 6 nitrogen and oxygen atoms in total. The van der Waals surface area contributed by atoms with Gasteiger partial charge in [-0.1, -0.05) is 5.21 Å². The summed E-state index contributed by atoms with van der Waals surface area (Å²) in [5.41, 5.74) is 1.96. The lowest BCUT2D eigenvalue weighted by Gasteiger charge is -2.14. The van der Waals surface area contributed by atoms with Crippen LogP contribution in [0.1, 0.15) is 19.5 Å². The van der Waals surface area contributed by atoms with E-state index in [-0.39, 0.29) is 17.5 Å². The zero-order valence-electron chi connectivity index (χ0n) is 16.3. The number of thiophene rings is 1. The molecule has 2 aromatic carbocycles. The van der Waals surface area contributed by atoms with Gasteiger partial charge in [0.15, 0.2) is 5.69 Å². The Bertz CT molecular complexity index is 1290. The van der Waals surface area contributed by atoms with E-state index in [1.54, 1.807) is 18.2 Å². The molecule has 0 atom stereocenters. The fourth-order valence-corrected chi connectivity index (χ4v) is 4.12. The number of H-pyrrole nitrogens is 1. The average Bonchev–Trinajstić information content (AvgIpc) is 3.32. The molecule has 0 bridgehead atoms. The van der Waals surface area contributed by atoms with Crippen LogP contribution in [-0.2, 0) is 0 Å². The van der Waals surface area contributed by atoms with Gasteiger partial charge in [0.2, 0.25) is 0 Å². The molecule has 0 aliphatic heterocycles. The van der Waals surface area contributed by atoms with E-state index in [2.05, 4.69) is 20.1 Å². The van der Waals surface area contributed by atoms with Crippen LogP contribution in [0.4, 0.5) is 13.2 Å². The molecule has 0 fully saturated rings. The summed E-state index contributed by atoms with van der Waals surface area (Å²) in [6, 6.07) is 13.5. The number of aromatic nitrogens is 3. The largest absolute Gasteiger partial charge is 0.573 e. The SMILES string of the molecule is CC(C)Oc1ccc(-c2cc3cc(OC(F)(F)F)ccc3s2)cc1-c1nn[nH]c1C#N. The third-order valence-electron chi connectivity index (χ3n) is 4.26. The van der Waals surface area contributed by atoms with Crippen LogP contribution in [0.5, 0.6) is 11.5 Å². The number of hydrogen-bond donors (Lipinski definition) is 1. The number of nitrogens with one attached hydrogen (secondary N) is 1. The molecule has 31 heavy (non-hydrogen) atoms. The number of nitriles is 1. The first-order valence-electron chi connectivity index (χ1n) is 9.15. The molecule has 2 aromatic heterocycles. The van der Waals surface area contributed by atoms with Gasteiger partial charge in [-0.15, -0.1) is 29.6 Å². The van der Waals surface area contributed by atoms with Crippen LogP contribution in [0, 0.1) is 11.3 Å². The number of hydrogen-bond acceptors (Lipinski definition) is 6. The van der Waals surface area contributed by atoms with Crippen molar-refractivity contribution in [1.29, 1.82) is 5.26 Å². The van der Waals surface area contributed by atoms with Gasteiger partial charge in [-0.3, -0.25) is 0 Å². The molecule has 10 heteroatoms. The number of ether oxygens (including phenoxy) is 2. The Morgan fingerprint density at radius 2 is 1.94 bits per heavy atom. The molecule has 0 aliphatic rings. The van der Waals surface area contributed by atoms with Gasteiger partial charge in [-0.05, 0) is 67.3 Å². The number of aromatic amines is 1. The summed E-state index contributed by atoms with van der Waals surface area (Å²) in [5.74, 6) is 0.276. The second-order valence-corrected chi connectivity index (χ2v) is 7.97. The zero-order chi connectivity index (χ0) is 22.2. The maximum atomic E-state index is 12.5. The maximum Gasteiger partial charge on any atom is 0.573 e. The molecule has 0 spiro atoms. The van der Waals surface area contributed by atoms with Crippen molar-refractivity contribution in [2.75, 3.05) is 0 Å². The Labute approximate surface area is 178 Å². The molecule has 0 radical (unpaired) electrons. The highest BCUT2D eigenvalue weighted by Crippen LogP contribution is 2.40. The summed E-state index contributed by atoms with van der Waals surface area (Å²) in [4.78, 5) is 0.832. The van der Waals surface area contributed by atoms with E-state index in [1.165, 1.54) is 23.5 Å². The van der Waals surface area contributed by atoms with Crippen molar-refractivity contribution in [2.45, 2.75) is 26.3 Å². The van der Waals surface area contributed by atoms with Crippen molar-refractivity contribution in [3.05, 3.63) is 48.2 Å². The van der Waals surface area contributed by atoms with Crippen LogP contribution in [0.3, 0.4) is 0 Å². The van der Waals surface area contributed by atoms with Crippen LogP contribution in [0.2, 0.25) is 0 Å². The number of nitrogens with zero attached hydrogens (tertiary/aromatic N) is 3. The van der Waals surface area contributed by atoms with Gasteiger partial charge in [-0.2, -0.15) is 5.26 Å². The van der Waals surface area contributed by atoms with Gasteiger partial charge >= 0.3 is 6.36 Å². The maximum absolute atomic E-state index is 12.5. The van der Waals surface area contributed by atoms with E-state index in [9.17, 15) is 18.4 Å². The number of alkyl halides is 3. The van der Waals surface area contributed by atoms with E-state index in [0.29, 0.717) is 22.4 Å². The molecule has 158 valence electrons. The molecular formula is C21H15F3N4O2S. The number of halogens is 3. The second kappa shape index (κ2) is 7.92. The summed E-state index contributed by atoms with van der Waals surface area (Å²) in [5, 5.41) is 20.3. The monoisotopic (exact) mass is 444 g/mol. The first-order chi connectivity index (χ1) is 14.7. The predicted molar refractivity (Wildman–Crippen MR) is 110 cm³/mol. The molecule has 0 saturated heterocycles. The Hall–Kier alpha value is -3.58. The topological polar surface area (TPSA) is 83.8 Å². The second-order valence-electron chi connectivity index (χ2n) is 6.88. The number of benzene rings is 2. The van der Waals surface area contributed by atoms with E-state index in [4.69, 9.17) is 4.74 Å². The lowest BCUT2D eigenvalue weighted by atomic mass is 10.0. The lowest BCUT2D eigenvalue weighted by Crippen LogP contribution is -2.16. The number of fused-ring (bicyclic) bond motifs is 1. The highest BCUT2D eigenvalue weighted by molar-refractivity contribution is 7.22. The standard InChI is InChI=1S/C21H15F3N4O2S/c1-11(2)29-17-5-3-12(8-15(17)20-16(10-25)26-28-27-20)19-9-13-7-14(30-21(22,23)24)4-6-18(13)31-19/h3-9,11H,1-2H3,(H,26,27,28). The average molecular weight is 444 g/mol. The third kappa shape index (κ3) is 4.46. The Morgan fingerprint density at radius 3 is 2.65 bits per heavy atom. The smallest absolute Gasteiger partial charge is 0.490 e. The van der Waals surface area contributed by atoms with Gasteiger partial charge in [-0.25, -0.2) is 5.10 Å². The minimum atomic E-state index is -4.75. The molecule has 4 aromatic rings. The van der Waals surface area contributed by atoms with Crippen molar-refractivity contribution in [2.24, 2.45) is 0 Å². The van der Waals surface area contributed by atoms with Gasteiger partial charge in [0.25, 0.3) is 0 Å². The third-order valence-corrected chi connectivity index (χ3v) is 5.43. The highest BCUT2D eigenvalue weighted by Gasteiger charge is 2.31. The van der Waals surface area contributed by atoms with Crippen molar-refractivity contribution in [1.82, 2.24) is 15.4 Å². The summed E-state index contributed by atoms with van der Waals surface area (Å²) < 4.78 is 48.2. The molecule has 1 N–H and O–H groups in total. The molecule has 0 amide bonds. The minimum Gasteiger partial charge on any atom is -0.490 e. The van der Waals surface area contributed by atoms with E-state index < -0.39 is 6.36 Å². The van der Waals surface area contributed by atoms with Crippen molar-refractivity contribution in [3.8, 4) is 39.3 Å². The fourth-order valence-electron chi connectivity index (χ4n) is 3.08. The zero-order valence-corrected chi connectivity index (χ0v) is 17.1. The lowest BCUT2D eigenvalue weighted by molar-refractivity contribution is -0.274. The molecular weight excluding hydrogens is 429 g/mol. The summed E-state index contributed by atoms with van der Waals surface area (Å²) in [6.07, 6.45) is -4.84. The van der Waals surface area contributed by atoms with Gasteiger partial charge in [0.1, 0.15) is 23.3 Å². The van der Waals surface area contributed by atoms with Crippen LogP contribution in [-0.4, -0.2) is 27.9 Å². The molecule has 0 saturated carbocycles. The molecule has 0 aliphatic carbocycles. The van der Waals surface area contributed by atoms with Crippen LogP contribution in [0.15, 0.2) is 42.5 Å². The van der Waals surface area contributed by atoms with E-state index in [0.717, 1.165) is 15.1 Å². The van der Waals surface area contributed by atoms with Crippen LogP contribution >= 0.6 is 11.3 Å². The van der Waals surface area contributed by atoms with Gasteiger partial charge in [0.05, 0.1) is 6.10 Å². The van der Waals surface area contributed by atoms with Crippen molar-refractivity contribution in [3.63, 3.8) is 0 Å². The van der Waals surface area contributed by atoms with Gasteiger partial charge in [0, 0.05) is 15.1 Å². The van der Waals surface area contributed by atoms with E-state index in [1.807, 2.05) is 32.0 Å². The molecule has 0 unspecified atom stereocenters. The Morgan fingerprint density at radius 1 is 1.13 bits per heavy atom. The fraction of sp³-hybridized carbons (Fsp3) is 0.190. The van der Waals surface area contributed by atoms with Gasteiger partial charge < -0.3 is 9.47 Å². The Balaban J connectivity index is 1.78. The first kappa shape index (κ1) is 20.7. The summed E-state index contributed by atoms with van der Waals surface area (Å²) >= 11 is 1.43. The number of rotatable bonds is 5. The van der Waals surface area contributed by atoms with Crippen LogP contribution in [0.25, 0.3) is 31.8 Å². The summed E-state index contributed by atoms with van der Waals surface area (Å²) in [7, 11) is 0. The van der Waals surface area contributed by atoms with Crippen LogP contribution < -0.4 is 9.47 Å². The Kier molecular flexibility index (Phi) is 5.29. The minimum absolute atomic E-state index is 0.0987.